The van der Waals surface area contributed by atoms with Gasteiger partial charge in [-0.1, -0.05) is 32.9 Å². The van der Waals surface area contributed by atoms with Crippen LogP contribution in [0.2, 0.25) is 0 Å². The van der Waals surface area contributed by atoms with E-state index in [0.717, 1.165) is 30.9 Å². The molecule has 4 bridgehead atoms. The molecule has 0 aromatic heterocycles. The summed E-state index contributed by atoms with van der Waals surface area (Å²) in [5, 5.41) is 12.2. The molecule has 2 heterocycles. The Morgan fingerprint density at radius 1 is 1.15 bits per heavy atom. The number of hydrogen-bond donors (Lipinski definition) is 1. The van der Waals surface area contributed by atoms with Crippen molar-refractivity contribution < 1.29 is 14.6 Å². The van der Waals surface area contributed by atoms with Crippen LogP contribution in [-0.2, 0) is 16.6 Å². The molecule has 1 N–H and O–H groups in total. The van der Waals surface area contributed by atoms with Gasteiger partial charge < -0.3 is 14.6 Å². The van der Waals surface area contributed by atoms with E-state index in [9.17, 15) is 5.11 Å². The van der Waals surface area contributed by atoms with Crippen LogP contribution in [0.25, 0.3) is 0 Å². The molecule has 7 atom stereocenters. The molecule has 1 saturated heterocycles. The van der Waals surface area contributed by atoms with Crippen LogP contribution in [0.1, 0.15) is 82.9 Å². The first-order valence-electron chi connectivity index (χ1n) is 13.8. The summed E-state index contributed by atoms with van der Waals surface area (Å²) < 4.78 is 13.8. The third-order valence-electron chi connectivity index (χ3n) is 12.1. The van der Waals surface area contributed by atoms with Gasteiger partial charge in [0.15, 0.2) is 0 Å². The van der Waals surface area contributed by atoms with Crippen LogP contribution < -0.4 is 4.74 Å². The lowest BCUT2D eigenvalue weighted by Gasteiger charge is -2.75. The third-order valence-corrected chi connectivity index (χ3v) is 12.1. The number of fused-ring (bicyclic) bond motifs is 2. The fourth-order valence-corrected chi connectivity index (χ4v) is 9.73. The molecule has 8 rings (SSSR count). The first-order valence-corrected chi connectivity index (χ1v) is 13.8. The van der Waals surface area contributed by atoms with Gasteiger partial charge in [-0.3, -0.25) is 4.90 Å². The van der Waals surface area contributed by atoms with Gasteiger partial charge in [0.2, 0.25) is 0 Å². The Hall–Kier alpha value is -1.10. The average Bonchev–Trinajstić information content (AvgIpc) is 3.53. The number of piperidine rings is 1. The van der Waals surface area contributed by atoms with Crippen LogP contribution >= 0.6 is 0 Å². The zero-order valence-electron chi connectivity index (χ0n) is 22.0. The van der Waals surface area contributed by atoms with Crippen molar-refractivity contribution in [1.29, 1.82) is 0 Å². The smallest absolute Gasteiger partial charge is 0.138 e. The molecular formula is C30H43NO3. The van der Waals surface area contributed by atoms with Crippen LogP contribution in [0.15, 0.2) is 12.1 Å². The van der Waals surface area contributed by atoms with E-state index < -0.39 is 11.2 Å². The van der Waals surface area contributed by atoms with Crippen LogP contribution in [0.5, 0.6) is 5.75 Å². The van der Waals surface area contributed by atoms with Gasteiger partial charge in [-0.25, -0.2) is 0 Å². The zero-order valence-corrected chi connectivity index (χ0v) is 22.0. The number of rotatable bonds is 4. The molecule has 4 saturated carbocycles. The number of aryl methyl sites for hydroxylation is 1. The lowest BCUT2D eigenvalue weighted by molar-refractivity contribution is -0.312. The van der Waals surface area contributed by atoms with Crippen molar-refractivity contribution >= 4 is 0 Å². The molecule has 0 amide bonds. The van der Waals surface area contributed by atoms with Crippen molar-refractivity contribution in [2.75, 3.05) is 20.2 Å². The second kappa shape index (κ2) is 6.42. The number of benzene rings is 1. The highest BCUT2D eigenvalue weighted by Crippen LogP contribution is 2.77. The van der Waals surface area contributed by atoms with Gasteiger partial charge in [0, 0.05) is 42.0 Å². The van der Waals surface area contributed by atoms with Gasteiger partial charge in [0.05, 0.1) is 5.60 Å². The summed E-state index contributed by atoms with van der Waals surface area (Å²) in [7, 11) is 1.89. The van der Waals surface area contributed by atoms with E-state index >= 15 is 0 Å². The fourth-order valence-electron chi connectivity index (χ4n) is 9.73. The zero-order chi connectivity index (χ0) is 23.9. The van der Waals surface area contributed by atoms with Gasteiger partial charge in [0.1, 0.15) is 17.5 Å². The number of likely N-dealkylation sites (tertiary alicyclic amines) is 1. The van der Waals surface area contributed by atoms with E-state index in [1.165, 1.54) is 55.5 Å². The number of methoxy groups -OCH3 is 1. The largest absolute Gasteiger partial charge is 0.486 e. The number of ether oxygens (including phenoxy) is 2. The van der Waals surface area contributed by atoms with Crippen LogP contribution in [0.3, 0.4) is 0 Å². The third kappa shape index (κ3) is 2.29. The highest BCUT2D eigenvalue weighted by Gasteiger charge is 2.82. The fraction of sp³-hybridized carbons (Fsp3) is 0.800. The molecule has 186 valence electrons. The predicted molar refractivity (Wildman–Crippen MR) is 133 cm³/mol. The molecule has 1 aromatic carbocycles. The van der Waals surface area contributed by atoms with Gasteiger partial charge in [-0.05, 0) is 87.8 Å². The Balaban J connectivity index is 1.47. The minimum atomic E-state index is -0.846. The standard InChI is InChI=1S/C30H43NO3/c1-18-7-10-20-15-22-28-11-12-30(33-6,21(16-28)27(5,32)26(2,3)4)25-29(28,23(20)24(18)34-25)13-14-31(22)17-19-8-9-19/h7,10,19,21-22,25,32H,8-9,11-17H2,1-6H3/t21-,22-,25-,27-,28?,29+,30-/m1/s1. The van der Waals surface area contributed by atoms with Crippen molar-refractivity contribution in [3.8, 4) is 5.75 Å². The molecule has 5 fully saturated rings. The molecule has 1 aromatic rings. The Labute approximate surface area is 205 Å². The van der Waals surface area contributed by atoms with Crippen LogP contribution in [0, 0.1) is 29.6 Å². The summed E-state index contributed by atoms with van der Waals surface area (Å²) in [5.41, 5.74) is 2.95. The second-order valence-corrected chi connectivity index (χ2v) is 14.1. The van der Waals surface area contributed by atoms with Crippen LogP contribution in [0.4, 0.5) is 0 Å². The molecule has 7 aliphatic rings. The van der Waals surface area contributed by atoms with E-state index in [1.807, 2.05) is 7.11 Å². The first kappa shape index (κ1) is 22.1. The molecule has 4 heteroatoms. The van der Waals surface area contributed by atoms with E-state index in [0.29, 0.717) is 6.04 Å². The van der Waals surface area contributed by atoms with Gasteiger partial charge in [-0.15, -0.1) is 0 Å². The Bertz CT molecular complexity index is 1050. The Morgan fingerprint density at radius 2 is 1.91 bits per heavy atom. The summed E-state index contributed by atoms with van der Waals surface area (Å²) in [5.74, 6) is 2.10. The SMILES string of the molecule is CO[C@]12CCC3(C[C@@H]1[C@@](C)(O)C(C)(C)C)[C@H]1Cc4ccc(C)c5c4[C@@]3(CCN1CC1CC1)[C@H]2O5. The minimum Gasteiger partial charge on any atom is -0.486 e. The molecule has 34 heavy (non-hydrogen) atoms. The van der Waals surface area contributed by atoms with E-state index in [2.05, 4.69) is 51.7 Å². The van der Waals surface area contributed by atoms with E-state index in [-0.39, 0.29) is 28.3 Å². The molecule has 1 unspecified atom stereocenters. The first-order chi connectivity index (χ1) is 16.0. The lowest BCUT2D eigenvalue weighted by Crippen LogP contribution is -2.83. The van der Waals surface area contributed by atoms with Crippen molar-refractivity contribution in [2.45, 2.75) is 108 Å². The molecule has 2 aliphatic heterocycles. The second-order valence-electron chi connectivity index (χ2n) is 14.1. The molecule has 4 nitrogen and oxygen atoms in total. The highest BCUT2D eigenvalue weighted by molar-refractivity contribution is 5.61. The lowest BCUT2D eigenvalue weighted by atomic mass is 9.33. The number of hydrogen-bond acceptors (Lipinski definition) is 4. The summed E-state index contributed by atoms with van der Waals surface area (Å²) in [6, 6.07) is 5.24. The maximum atomic E-state index is 12.2. The topological polar surface area (TPSA) is 41.9 Å². The molecule has 2 spiro atoms. The average molecular weight is 466 g/mol. The monoisotopic (exact) mass is 465 g/mol. The minimum absolute atomic E-state index is 0.00736. The maximum absolute atomic E-state index is 12.2. The number of aliphatic hydroxyl groups is 1. The van der Waals surface area contributed by atoms with E-state index in [4.69, 9.17) is 9.47 Å². The summed E-state index contributed by atoms with van der Waals surface area (Å²) in [6.07, 6.45) is 8.33. The van der Waals surface area contributed by atoms with Gasteiger partial charge >= 0.3 is 0 Å². The van der Waals surface area contributed by atoms with Crippen molar-refractivity contribution in [1.82, 2.24) is 4.90 Å². The maximum Gasteiger partial charge on any atom is 0.138 e. The molecular weight excluding hydrogens is 422 g/mol. The summed E-state index contributed by atoms with van der Waals surface area (Å²) >= 11 is 0. The van der Waals surface area contributed by atoms with Crippen molar-refractivity contribution in [3.63, 3.8) is 0 Å². The molecule has 5 aliphatic carbocycles. The Kier molecular flexibility index (Phi) is 4.18. The summed E-state index contributed by atoms with van der Waals surface area (Å²) in [6.45, 7) is 13.3. The van der Waals surface area contributed by atoms with Crippen LogP contribution in [-0.4, -0.2) is 53.6 Å². The normalized spacial score (nSPS) is 43.9. The number of nitrogens with zero attached hydrogens (tertiary/aromatic N) is 1. The van der Waals surface area contributed by atoms with Crippen molar-refractivity contribution in [2.24, 2.45) is 22.7 Å². The molecule has 0 radical (unpaired) electrons. The van der Waals surface area contributed by atoms with E-state index in [1.54, 1.807) is 0 Å². The van der Waals surface area contributed by atoms with Crippen molar-refractivity contribution in [3.05, 3.63) is 28.8 Å². The van der Waals surface area contributed by atoms with Gasteiger partial charge in [0.25, 0.3) is 0 Å². The quantitative estimate of drug-likeness (QED) is 0.678. The highest BCUT2D eigenvalue weighted by atomic mass is 16.6. The Morgan fingerprint density at radius 3 is 2.59 bits per heavy atom. The van der Waals surface area contributed by atoms with Gasteiger partial charge in [-0.2, -0.15) is 0 Å². The summed E-state index contributed by atoms with van der Waals surface area (Å²) in [4.78, 5) is 2.88. The predicted octanol–water partition coefficient (Wildman–Crippen LogP) is 5.02.